The normalized spacial score (nSPS) is 31.1. The van der Waals surface area contributed by atoms with Gasteiger partial charge >= 0.3 is 5.97 Å². The third-order valence-corrected chi connectivity index (χ3v) is 7.10. The Kier molecular flexibility index (Phi) is 5.75. The third-order valence-electron chi connectivity index (χ3n) is 7.10. The van der Waals surface area contributed by atoms with Crippen molar-refractivity contribution in [2.24, 2.45) is 17.8 Å². The first-order valence-corrected chi connectivity index (χ1v) is 11.1. The summed E-state index contributed by atoms with van der Waals surface area (Å²) in [6.07, 6.45) is 12.1. The number of rotatable bonds is 9. The summed E-state index contributed by atoms with van der Waals surface area (Å²) in [7, 11) is 0. The maximum absolute atomic E-state index is 11.3. The van der Waals surface area contributed by atoms with Crippen molar-refractivity contribution >= 4 is 5.97 Å². The highest BCUT2D eigenvalue weighted by molar-refractivity contribution is 5.69. The second-order valence-corrected chi connectivity index (χ2v) is 9.19. The van der Waals surface area contributed by atoms with Crippen molar-refractivity contribution in [1.29, 1.82) is 0 Å². The second-order valence-electron chi connectivity index (χ2n) is 9.19. The van der Waals surface area contributed by atoms with Gasteiger partial charge in [0.05, 0.1) is 13.2 Å². The summed E-state index contributed by atoms with van der Waals surface area (Å²) in [4.78, 5) is 11.3. The van der Waals surface area contributed by atoms with Crippen molar-refractivity contribution in [3.63, 3.8) is 0 Å². The minimum absolute atomic E-state index is 0.0846. The predicted octanol–water partition coefficient (Wildman–Crippen LogP) is 5.66. The quantitative estimate of drug-likeness (QED) is 0.416. The van der Waals surface area contributed by atoms with Gasteiger partial charge in [-0.15, -0.1) is 0 Å². The lowest BCUT2D eigenvalue weighted by Crippen LogP contribution is -2.48. The minimum atomic E-state index is -0.0846. The maximum atomic E-state index is 11.3. The summed E-state index contributed by atoms with van der Waals surface area (Å²) in [5.41, 5.74) is 2.03. The number of benzene rings is 1. The predicted molar refractivity (Wildman–Crippen MR) is 107 cm³/mol. The number of esters is 1. The third kappa shape index (κ3) is 4.33. The molecule has 3 nitrogen and oxygen atoms in total. The number of ether oxygens (including phenoxy) is 2. The monoisotopic (exact) mass is 370 g/mol. The van der Waals surface area contributed by atoms with Gasteiger partial charge in [0.2, 0.25) is 0 Å². The van der Waals surface area contributed by atoms with Crippen molar-refractivity contribution in [1.82, 2.24) is 0 Å². The molecule has 0 unspecified atom stereocenters. The van der Waals surface area contributed by atoms with Gasteiger partial charge in [-0.3, -0.25) is 4.79 Å². The fourth-order valence-corrected chi connectivity index (χ4v) is 6.34. The molecule has 148 valence electrons. The molecule has 0 N–H and O–H groups in total. The van der Waals surface area contributed by atoms with Gasteiger partial charge in [0, 0.05) is 6.42 Å². The van der Waals surface area contributed by atoms with Crippen LogP contribution >= 0.6 is 0 Å². The summed E-state index contributed by atoms with van der Waals surface area (Å²) < 4.78 is 10.9. The Labute approximate surface area is 163 Å². The molecule has 5 rings (SSSR count). The molecule has 0 heterocycles. The fourth-order valence-electron chi connectivity index (χ4n) is 6.34. The molecule has 0 saturated heterocycles. The molecule has 1 aromatic rings. The molecule has 4 saturated carbocycles. The highest BCUT2D eigenvalue weighted by Gasteiger charge is 2.51. The van der Waals surface area contributed by atoms with Crippen molar-refractivity contribution < 1.29 is 14.3 Å². The average molecular weight is 371 g/mol. The van der Waals surface area contributed by atoms with Gasteiger partial charge in [0.25, 0.3) is 0 Å². The average Bonchev–Trinajstić information content (AvgIpc) is 2.64. The molecule has 0 aliphatic heterocycles. The Morgan fingerprint density at radius 2 is 1.59 bits per heavy atom. The lowest BCUT2D eigenvalue weighted by molar-refractivity contribution is -0.143. The Morgan fingerprint density at radius 3 is 2.19 bits per heavy atom. The van der Waals surface area contributed by atoms with E-state index in [1.165, 1.54) is 38.5 Å². The van der Waals surface area contributed by atoms with E-state index >= 15 is 0 Å². The number of hydrogen-bond donors (Lipinski definition) is 0. The highest BCUT2D eigenvalue weighted by Crippen LogP contribution is 2.60. The van der Waals surface area contributed by atoms with Gasteiger partial charge in [-0.25, -0.2) is 0 Å². The van der Waals surface area contributed by atoms with Crippen LogP contribution < -0.4 is 4.74 Å². The molecule has 4 aliphatic carbocycles. The topological polar surface area (TPSA) is 35.5 Å². The van der Waals surface area contributed by atoms with E-state index in [1.54, 1.807) is 5.56 Å². The van der Waals surface area contributed by atoms with E-state index in [1.807, 2.05) is 6.92 Å². The smallest absolute Gasteiger partial charge is 0.305 e. The van der Waals surface area contributed by atoms with Gasteiger partial charge in [-0.1, -0.05) is 12.1 Å². The summed E-state index contributed by atoms with van der Waals surface area (Å²) in [5, 5.41) is 0. The number of unbranched alkanes of at least 4 members (excludes halogenated alkanes) is 2. The van der Waals surface area contributed by atoms with E-state index in [4.69, 9.17) is 9.47 Å². The summed E-state index contributed by atoms with van der Waals surface area (Å²) in [5.74, 6) is 3.86. The van der Waals surface area contributed by atoms with Crippen LogP contribution in [0.5, 0.6) is 5.75 Å². The zero-order chi connectivity index (χ0) is 18.7. The van der Waals surface area contributed by atoms with Crippen molar-refractivity contribution in [2.45, 2.75) is 76.5 Å². The maximum Gasteiger partial charge on any atom is 0.305 e. The van der Waals surface area contributed by atoms with E-state index in [-0.39, 0.29) is 5.97 Å². The minimum Gasteiger partial charge on any atom is -0.494 e. The zero-order valence-corrected chi connectivity index (χ0v) is 16.8. The van der Waals surface area contributed by atoms with E-state index in [0.29, 0.717) is 18.4 Å². The summed E-state index contributed by atoms with van der Waals surface area (Å²) in [6, 6.07) is 9.02. The molecule has 4 aliphatic rings. The molecule has 0 spiro atoms. The Hall–Kier alpha value is -1.51. The molecule has 0 radical (unpaired) electrons. The molecule has 0 aromatic heterocycles. The Balaban J connectivity index is 1.22. The number of hydrogen-bond acceptors (Lipinski definition) is 3. The standard InChI is InChI=1S/C24H34O3/c1-2-26-23(25)6-4-3-5-11-27-22-9-7-21(8-10-22)24-15-18-12-19(16-24)14-20(13-18)17-24/h7-10,18-20H,2-6,11-17H2,1H3. The van der Waals surface area contributed by atoms with Crippen molar-refractivity contribution in [2.75, 3.05) is 13.2 Å². The number of carbonyl (C=O) groups excluding carboxylic acids is 1. The molecular weight excluding hydrogens is 336 g/mol. The van der Waals surface area contributed by atoms with Crippen LogP contribution in [0.4, 0.5) is 0 Å². The van der Waals surface area contributed by atoms with Crippen LogP contribution in [0.1, 0.15) is 76.7 Å². The van der Waals surface area contributed by atoms with Crippen LogP contribution in [0.15, 0.2) is 24.3 Å². The summed E-state index contributed by atoms with van der Waals surface area (Å²) in [6.45, 7) is 3.04. The largest absolute Gasteiger partial charge is 0.494 e. The van der Waals surface area contributed by atoms with Gasteiger partial charge in [0.1, 0.15) is 5.75 Å². The Bertz CT molecular complexity index is 598. The molecule has 1 aromatic carbocycles. The Morgan fingerprint density at radius 1 is 0.963 bits per heavy atom. The molecular formula is C24H34O3. The van der Waals surface area contributed by atoms with Crippen molar-refractivity contribution in [3.05, 3.63) is 29.8 Å². The van der Waals surface area contributed by atoms with Gasteiger partial charge in [-0.05, 0) is 106 Å². The molecule has 0 amide bonds. The first-order valence-electron chi connectivity index (χ1n) is 11.1. The first kappa shape index (κ1) is 18.8. The van der Waals surface area contributed by atoms with Gasteiger partial charge in [-0.2, -0.15) is 0 Å². The molecule has 3 heteroatoms. The van der Waals surface area contributed by atoms with E-state index in [0.717, 1.165) is 49.4 Å². The summed E-state index contributed by atoms with van der Waals surface area (Å²) >= 11 is 0. The number of carbonyl (C=O) groups is 1. The molecule has 0 atom stereocenters. The van der Waals surface area contributed by atoms with Crippen LogP contribution in [0.25, 0.3) is 0 Å². The van der Waals surface area contributed by atoms with E-state index in [2.05, 4.69) is 24.3 Å². The molecule has 4 bridgehead atoms. The van der Waals surface area contributed by atoms with Crippen LogP contribution in [0.3, 0.4) is 0 Å². The lowest BCUT2D eigenvalue weighted by Gasteiger charge is -2.57. The molecule has 27 heavy (non-hydrogen) atoms. The van der Waals surface area contributed by atoms with Crippen LogP contribution in [0, 0.1) is 17.8 Å². The van der Waals surface area contributed by atoms with Crippen LogP contribution in [-0.4, -0.2) is 19.2 Å². The van der Waals surface area contributed by atoms with E-state index < -0.39 is 0 Å². The molecule has 4 fully saturated rings. The van der Waals surface area contributed by atoms with Crippen LogP contribution in [-0.2, 0) is 14.9 Å². The fraction of sp³-hybridized carbons (Fsp3) is 0.708. The lowest BCUT2D eigenvalue weighted by atomic mass is 9.48. The van der Waals surface area contributed by atoms with E-state index in [9.17, 15) is 4.79 Å². The van der Waals surface area contributed by atoms with Gasteiger partial charge in [0.15, 0.2) is 0 Å². The van der Waals surface area contributed by atoms with Crippen LogP contribution in [0.2, 0.25) is 0 Å². The van der Waals surface area contributed by atoms with Gasteiger partial charge < -0.3 is 9.47 Å². The second kappa shape index (κ2) is 8.24. The van der Waals surface area contributed by atoms with Crippen molar-refractivity contribution in [3.8, 4) is 5.75 Å². The zero-order valence-electron chi connectivity index (χ0n) is 16.8. The first-order chi connectivity index (χ1) is 13.2. The highest BCUT2D eigenvalue weighted by atomic mass is 16.5. The SMILES string of the molecule is CCOC(=O)CCCCCOc1ccc(C23CC4CC(CC(C4)C2)C3)cc1.